The third kappa shape index (κ3) is 5.92. The van der Waals surface area contributed by atoms with Crippen LogP contribution in [0.4, 0.5) is 0 Å². The zero-order chi connectivity index (χ0) is 4.99. The summed E-state index contributed by atoms with van der Waals surface area (Å²) in [6, 6.07) is 0. The predicted molar refractivity (Wildman–Crippen MR) is 23.5 cm³/mol. The maximum atomic E-state index is 9.58. The van der Waals surface area contributed by atoms with Gasteiger partial charge in [0.15, 0.2) is 0 Å². The van der Waals surface area contributed by atoms with Gasteiger partial charge in [0.1, 0.15) is 0 Å². The van der Waals surface area contributed by atoms with Crippen molar-refractivity contribution in [3.8, 4) is 0 Å². The van der Waals surface area contributed by atoms with Crippen molar-refractivity contribution in [3.05, 3.63) is 0 Å². The van der Waals surface area contributed by atoms with Crippen molar-refractivity contribution in [3.63, 3.8) is 0 Å². The van der Waals surface area contributed by atoms with Crippen LogP contribution < -0.4 is 5.73 Å². The molecule has 0 unspecified atom stereocenters. The Kier molecular flexibility index (Phi) is 8.48. The standard InChI is InChI=1S/C2H5NO3.Al/c3-1-2(4)6-5;/h5H,1,3H2;/q;+3. The number of carbonyl (C=O) groups is 1. The molecule has 5 heteroatoms. The Bertz CT molecular complexity index is 50.9. The van der Waals surface area contributed by atoms with E-state index in [9.17, 15) is 4.79 Å². The molecule has 0 aromatic heterocycles. The second kappa shape index (κ2) is 5.92. The van der Waals surface area contributed by atoms with Crippen LogP contribution in [-0.4, -0.2) is 35.1 Å². The molecular weight excluding hydrogens is 113 g/mol. The van der Waals surface area contributed by atoms with E-state index in [1.165, 1.54) is 0 Å². The van der Waals surface area contributed by atoms with Crippen LogP contribution in [0.5, 0.6) is 0 Å². The van der Waals surface area contributed by atoms with Gasteiger partial charge in [0.25, 0.3) is 0 Å². The van der Waals surface area contributed by atoms with Crippen LogP contribution in [0.2, 0.25) is 0 Å². The summed E-state index contributed by atoms with van der Waals surface area (Å²) in [6.07, 6.45) is 0. The fraction of sp³-hybridized carbons (Fsp3) is 0.500. The Morgan fingerprint density at radius 3 is 2.29 bits per heavy atom. The summed E-state index contributed by atoms with van der Waals surface area (Å²) in [4.78, 5) is 12.7. The van der Waals surface area contributed by atoms with Crippen LogP contribution in [0, 0.1) is 0 Å². The molecule has 0 bridgehead atoms. The normalized spacial score (nSPS) is 6.57. The molecule has 0 fully saturated rings. The largest absolute Gasteiger partial charge is 3.00 e. The second-order valence-corrected chi connectivity index (χ2v) is 0.667. The topological polar surface area (TPSA) is 72.6 Å². The van der Waals surface area contributed by atoms with Gasteiger partial charge in [-0.05, 0) is 0 Å². The number of nitrogens with two attached hydrogens (primary N) is 1. The maximum absolute atomic E-state index is 9.58. The summed E-state index contributed by atoms with van der Waals surface area (Å²) >= 11 is 0. The molecule has 0 saturated heterocycles. The van der Waals surface area contributed by atoms with Gasteiger partial charge in [-0.2, -0.15) is 5.26 Å². The van der Waals surface area contributed by atoms with Gasteiger partial charge in [-0.1, -0.05) is 0 Å². The Balaban J connectivity index is 0. The van der Waals surface area contributed by atoms with E-state index in [0.29, 0.717) is 0 Å². The minimum atomic E-state index is -0.824. The first-order valence-corrected chi connectivity index (χ1v) is 1.35. The van der Waals surface area contributed by atoms with Gasteiger partial charge in [0.2, 0.25) is 0 Å². The maximum Gasteiger partial charge on any atom is 3.00 e. The zero-order valence-corrected chi connectivity index (χ0v) is 4.78. The first kappa shape index (κ1) is 10.0. The second-order valence-electron chi connectivity index (χ2n) is 0.667. The summed E-state index contributed by atoms with van der Waals surface area (Å²) in [5, 5.41) is 7.41. The fourth-order valence-corrected chi connectivity index (χ4v) is 0.0373. The third-order valence-corrected chi connectivity index (χ3v) is 0.268. The van der Waals surface area contributed by atoms with Crippen LogP contribution in [0.25, 0.3) is 0 Å². The number of rotatable bonds is 1. The van der Waals surface area contributed by atoms with Crippen molar-refractivity contribution in [2.75, 3.05) is 6.54 Å². The van der Waals surface area contributed by atoms with Gasteiger partial charge >= 0.3 is 23.3 Å². The van der Waals surface area contributed by atoms with E-state index in [1.54, 1.807) is 0 Å². The molecule has 0 rings (SSSR count). The number of hydrogen-bond acceptors (Lipinski definition) is 4. The third-order valence-electron chi connectivity index (χ3n) is 0.268. The fourth-order valence-electron chi connectivity index (χ4n) is 0.0373. The SMILES string of the molecule is NCC(=O)OO.[Al+3]. The molecule has 0 aliphatic carbocycles. The Morgan fingerprint density at radius 1 is 1.86 bits per heavy atom. The first-order chi connectivity index (χ1) is 2.81. The van der Waals surface area contributed by atoms with E-state index in [-0.39, 0.29) is 23.9 Å². The molecule has 0 radical (unpaired) electrons. The van der Waals surface area contributed by atoms with Gasteiger partial charge in [0.05, 0.1) is 6.54 Å². The summed E-state index contributed by atoms with van der Waals surface area (Å²) in [7, 11) is 0. The minimum Gasteiger partial charge on any atom is -0.321 e. The molecule has 0 atom stereocenters. The minimum absolute atomic E-state index is 0. The smallest absolute Gasteiger partial charge is 0.321 e. The molecular formula is C2H5AlNO3+3. The summed E-state index contributed by atoms with van der Waals surface area (Å²) in [6.45, 7) is -0.281. The molecule has 0 aromatic rings. The molecule has 0 amide bonds. The monoisotopic (exact) mass is 118 g/mol. The van der Waals surface area contributed by atoms with Crippen LogP contribution in [0.15, 0.2) is 0 Å². The average molecular weight is 118 g/mol. The van der Waals surface area contributed by atoms with Crippen molar-refractivity contribution in [2.45, 2.75) is 0 Å². The molecule has 0 aliphatic rings. The van der Waals surface area contributed by atoms with Crippen LogP contribution >= 0.6 is 0 Å². The molecule has 0 aliphatic heterocycles. The predicted octanol–water partition coefficient (Wildman–Crippen LogP) is -1.42. The van der Waals surface area contributed by atoms with Crippen molar-refractivity contribution in [1.29, 1.82) is 0 Å². The summed E-state index contributed by atoms with van der Waals surface area (Å²) in [5.41, 5.74) is 4.65. The van der Waals surface area contributed by atoms with E-state index in [0.717, 1.165) is 0 Å². The zero-order valence-electron chi connectivity index (χ0n) is 3.63. The van der Waals surface area contributed by atoms with Crippen molar-refractivity contribution < 1.29 is 14.9 Å². The molecule has 36 valence electrons. The van der Waals surface area contributed by atoms with Crippen LogP contribution in [0.3, 0.4) is 0 Å². The van der Waals surface area contributed by atoms with Gasteiger partial charge in [0, 0.05) is 0 Å². The first-order valence-electron chi connectivity index (χ1n) is 1.35. The van der Waals surface area contributed by atoms with Crippen LogP contribution in [0.1, 0.15) is 0 Å². The molecule has 4 nitrogen and oxygen atoms in total. The summed E-state index contributed by atoms with van der Waals surface area (Å²) in [5.74, 6) is -0.824. The van der Waals surface area contributed by atoms with E-state index in [4.69, 9.17) is 5.26 Å². The van der Waals surface area contributed by atoms with Gasteiger partial charge in [-0.3, -0.25) is 4.89 Å². The Labute approximate surface area is 51.3 Å². The van der Waals surface area contributed by atoms with E-state index in [1.807, 2.05) is 0 Å². The van der Waals surface area contributed by atoms with Gasteiger partial charge in [-0.15, -0.1) is 0 Å². The molecule has 0 saturated carbocycles. The van der Waals surface area contributed by atoms with Crippen molar-refractivity contribution in [1.82, 2.24) is 0 Å². The van der Waals surface area contributed by atoms with Gasteiger partial charge < -0.3 is 5.73 Å². The van der Waals surface area contributed by atoms with Crippen molar-refractivity contribution >= 4 is 23.3 Å². The molecule has 0 heterocycles. The Morgan fingerprint density at radius 2 is 2.29 bits per heavy atom. The molecule has 0 aromatic carbocycles. The molecule has 0 spiro atoms. The Hall–Kier alpha value is -0.0775. The average Bonchev–Trinajstić information content (AvgIpc) is 1.65. The summed E-state index contributed by atoms with van der Waals surface area (Å²) < 4.78 is 0. The van der Waals surface area contributed by atoms with E-state index >= 15 is 0 Å². The number of carbonyl (C=O) groups excluding carboxylic acids is 1. The quantitative estimate of drug-likeness (QED) is 0.252. The van der Waals surface area contributed by atoms with Crippen molar-refractivity contribution in [2.24, 2.45) is 5.73 Å². The molecule has 3 N–H and O–H groups in total. The van der Waals surface area contributed by atoms with E-state index < -0.39 is 5.97 Å². The van der Waals surface area contributed by atoms with Crippen LogP contribution in [-0.2, 0) is 9.68 Å². The van der Waals surface area contributed by atoms with E-state index in [2.05, 4.69) is 10.6 Å². The number of hydrogen-bond donors (Lipinski definition) is 2. The molecule has 7 heavy (non-hydrogen) atoms. The van der Waals surface area contributed by atoms with Gasteiger partial charge in [-0.25, -0.2) is 4.79 Å².